The fourth-order valence-corrected chi connectivity index (χ4v) is 1.11. The van der Waals surface area contributed by atoms with E-state index < -0.39 is 10.7 Å². The van der Waals surface area contributed by atoms with E-state index in [2.05, 4.69) is 9.97 Å². The fourth-order valence-electron chi connectivity index (χ4n) is 1.11. The molecule has 0 fully saturated rings. The van der Waals surface area contributed by atoms with Crippen LogP contribution in [0.4, 0.5) is 10.1 Å². The van der Waals surface area contributed by atoms with Crippen LogP contribution in [-0.2, 0) is 0 Å². The minimum atomic E-state index is -0.566. The fraction of sp³-hybridized carbons (Fsp3) is 0. The lowest BCUT2D eigenvalue weighted by atomic mass is 10.3. The maximum absolute atomic E-state index is 12.6. The molecule has 13 heavy (non-hydrogen) atoms. The van der Waals surface area contributed by atoms with Gasteiger partial charge in [-0.1, -0.05) is 0 Å². The summed E-state index contributed by atoms with van der Waals surface area (Å²) in [4.78, 5) is 16.0. The van der Waals surface area contributed by atoms with Crippen LogP contribution >= 0.6 is 0 Å². The highest BCUT2D eigenvalue weighted by molar-refractivity contribution is 5.84. The molecule has 66 valence electrons. The molecule has 0 radical (unpaired) electrons. The Labute approximate surface area is 71.4 Å². The number of pyridine rings is 1. The molecule has 0 aliphatic carbocycles. The van der Waals surface area contributed by atoms with Crippen LogP contribution in [0, 0.1) is 15.9 Å². The van der Waals surface area contributed by atoms with Crippen molar-refractivity contribution in [2.45, 2.75) is 0 Å². The number of nitrogens with one attached hydrogen (secondary N) is 1. The molecule has 0 amide bonds. The van der Waals surface area contributed by atoms with Crippen LogP contribution in [0.5, 0.6) is 0 Å². The van der Waals surface area contributed by atoms with Gasteiger partial charge in [-0.05, 0) is 0 Å². The summed E-state index contributed by atoms with van der Waals surface area (Å²) in [6.07, 6.45) is 2.14. The summed E-state index contributed by atoms with van der Waals surface area (Å²) in [7, 11) is 0. The Hall–Kier alpha value is -1.98. The van der Waals surface area contributed by atoms with Gasteiger partial charge < -0.3 is 4.98 Å². The average Bonchev–Trinajstić information content (AvgIpc) is 2.46. The average molecular weight is 181 g/mol. The van der Waals surface area contributed by atoms with Crippen molar-refractivity contribution in [3.05, 3.63) is 34.4 Å². The molecule has 6 heteroatoms. The quantitative estimate of drug-likeness (QED) is 0.536. The summed E-state index contributed by atoms with van der Waals surface area (Å²) < 4.78 is 12.6. The van der Waals surface area contributed by atoms with Gasteiger partial charge in [-0.25, -0.2) is 9.37 Å². The Bertz CT molecular complexity index is 480. The molecule has 0 aliphatic rings. The van der Waals surface area contributed by atoms with Crippen molar-refractivity contribution in [2.24, 2.45) is 0 Å². The van der Waals surface area contributed by atoms with Crippen LogP contribution in [0.1, 0.15) is 0 Å². The van der Waals surface area contributed by atoms with Crippen molar-refractivity contribution in [1.82, 2.24) is 9.97 Å². The lowest BCUT2D eigenvalue weighted by Gasteiger charge is -1.88. The normalized spacial score (nSPS) is 10.5. The van der Waals surface area contributed by atoms with Gasteiger partial charge in [0.15, 0.2) is 5.52 Å². The Morgan fingerprint density at radius 2 is 2.38 bits per heavy atom. The van der Waals surface area contributed by atoms with E-state index in [1.54, 1.807) is 0 Å². The molecule has 0 bridgehead atoms. The first kappa shape index (κ1) is 7.66. The standard InChI is InChI=1S/C7H4FN3O2/c8-4-1-5-7(10-2-4)6(3-9-5)11(12)13/h1-3,9H. The first-order valence-corrected chi connectivity index (χ1v) is 3.45. The lowest BCUT2D eigenvalue weighted by molar-refractivity contribution is -0.383. The number of aromatic nitrogens is 2. The number of nitrogens with zero attached hydrogens (tertiary/aromatic N) is 2. The van der Waals surface area contributed by atoms with Gasteiger partial charge in [0.2, 0.25) is 0 Å². The van der Waals surface area contributed by atoms with Crippen molar-refractivity contribution >= 4 is 16.7 Å². The van der Waals surface area contributed by atoms with E-state index in [1.807, 2.05) is 0 Å². The molecule has 0 spiro atoms. The van der Waals surface area contributed by atoms with Gasteiger partial charge in [0.1, 0.15) is 5.82 Å². The number of halogens is 1. The topological polar surface area (TPSA) is 71.8 Å². The second-order valence-electron chi connectivity index (χ2n) is 2.48. The van der Waals surface area contributed by atoms with Crippen LogP contribution in [-0.4, -0.2) is 14.9 Å². The second-order valence-corrected chi connectivity index (χ2v) is 2.48. The monoisotopic (exact) mass is 181 g/mol. The van der Waals surface area contributed by atoms with Crippen molar-refractivity contribution < 1.29 is 9.31 Å². The molecule has 1 N–H and O–H groups in total. The van der Waals surface area contributed by atoms with Crippen molar-refractivity contribution in [2.75, 3.05) is 0 Å². The van der Waals surface area contributed by atoms with Crippen LogP contribution in [0.3, 0.4) is 0 Å². The molecular weight excluding hydrogens is 177 g/mol. The Morgan fingerprint density at radius 3 is 3.08 bits per heavy atom. The van der Waals surface area contributed by atoms with Gasteiger partial charge in [-0.2, -0.15) is 0 Å². The third kappa shape index (κ3) is 1.12. The largest absolute Gasteiger partial charge is 0.354 e. The number of aromatic amines is 1. The molecular formula is C7H4FN3O2. The summed E-state index contributed by atoms with van der Waals surface area (Å²) in [5.41, 5.74) is 0.355. The van der Waals surface area contributed by atoms with Crippen molar-refractivity contribution in [1.29, 1.82) is 0 Å². The summed E-state index contributed by atoms with van der Waals surface area (Å²) in [6.45, 7) is 0. The van der Waals surface area contributed by atoms with E-state index >= 15 is 0 Å². The molecule has 0 aliphatic heterocycles. The SMILES string of the molecule is O=[N+]([O-])c1c[nH]c2cc(F)cnc12. The number of nitro groups is 1. The number of H-pyrrole nitrogens is 1. The third-order valence-electron chi connectivity index (χ3n) is 1.66. The molecule has 2 rings (SSSR count). The van der Waals surface area contributed by atoms with Gasteiger partial charge in [-0.15, -0.1) is 0 Å². The predicted molar refractivity (Wildman–Crippen MR) is 42.7 cm³/mol. The minimum Gasteiger partial charge on any atom is -0.354 e. The number of hydrogen-bond donors (Lipinski definition) is 1. The summed E-state index contributed by atoms with van der Waals surface area (Å²) in [5, 5.41) is 10.4. The summed E-state index contributed by atoms with van der Waals surface area (Å²) in [5.74, 6) is -0.524. The Balaban J connectivity index is 2.76. The van der Waals surface area contributed by atoms with Crippen molar-refractivity contribution in [3.8, 4) is 0 Å². The highest BCUT2D eigenvalue weighted by Gasteiger charge is 2.14. The predicted octanol–water partition coefficient (Wildman–Crippen LogP) is 1.61. The van der Waals surface area contributed by atoms with E-state index in [0.29, 0.717) is 5.52 Å². The van der Waals surface area contributed by atoms with E-state index in [0.717, 1.165) is 12.3 Å². The van der Waals surface area contributed by atoms with Gasteiger partial charge in [-0.3, -0.25) is 10.1 Å². The van der Waals surface area contributed by atoms with E-state index in [4.69, 9.17) is 0 Å². The molecule has 0 aromatic carbocycles. The second kappa shape index (κ2) is 2.51. The minimum absolute atomic E-state index is 0.144. The van der Waals surface area contributed by atoms with Crippen LogP contribution in [0.2, 0.25) is 0 Å². The van der Waals surface area contributed by atoms with Crippen molar-refractivity contribution in [3.63, 3.8) is 0 Å². The first-order chi connectivity index (χ1) is 6.18. The molecule has 0 saturated heterocycles. The first-order valence-electron chi connectivity index (χ1n) is 3.45. The van der Waals surface area contributed by atoms with Gasteiger partial charge >= 0.3 is 5.69 Å². The number of rotatable bonds is 1. The molecule has 2 aromatic rings. The zero-order chi connectivity index (χ0) is 9.42. The maximum Gasteiger partial charge on any atom is 0.312 e. The van der Waals surface area contributed by atoms with Gasteiger partial charge in [0, 0.05) is 6.07 Å². The van der Waals surface area contributed by atoms with Crippen LogP contribution < -0.4 is 0 Å². The molecule has 0 atom stereocenters. The third-order valence-corrected chi connectivity index (χ3v) is 1.66. The Morgan fingerprint density at radius 1 is 1.62 bits per heavy atom. The van der Waals surface area contributed by atoms with Gasteiger partial charge in [0.05, 0.1) is 22.8 Å². The summed E-state index contributed by atoms with van der Waals surface area (Å²) >= 11 is 0. The smallest absolute Gasteiger partial charge is 0.312 e. The molecule has 5 nitrogen and oxygen atoms in total. The molecule has 0 unspecified atom stereocenters. The zero-order valence-electron chi connectivity index (χ0n) is 6.32. The maximum atomic E-state index is 12.6. The highest BCUT2D eigenvalue weighted by atomic mass is 19.1. The van der Waals surface area contributed by atoms with Crippen LogP contribution in [0.25, 0.3) is 11.0 Å². The lowest BCUT2D eigenvalue weighted by Crippen LogP contribution is -1.87. The molecule has 2 heterocycles. The van der Waals surface area contributed by atoms with E-state index in [-0.39, 0.29) is 11.2 Å². The van der Waals surface area contributed by atoms with Gasteiger partial charge in [0.25, 0.3) is 0 Å². The highest BCUT2D eigenvalue weighted by Crippen LogP contribution is 2.22. The van der Waals surface area contributed by atoms with E-state index in [9.17, 15) is 14.5 Å². The number of hydrogen-bond acceptors (Lipinski definition) is 3. The molecule has 0 saturated carbocycles. The molecule has 2 aromatic heterocycles. The Kier molecular flexibility index (Phi) is 1.48. The van der Waals surface area contributed by atoms with E-state index in [1.165, 1.54) is 6.20 Å². The summed E-state index contributed by atoms with van der Waals surface area (Å²) in [6, 6.07) is 1.16. The number of fused-ring (bicyclic) bond motifs is 1. The zero-order valence-corrected chi connectivity index (χ0v) is 6.32. The van der Waals surface area contributed by atoms with Crippen LogP contribution in [0.15, 0.2) is 18.5 Å².